The molecule has 1 aromatic carbocycles. The number of hydrogen-bond donors (Lipinski definition) is 3. The van der Waals surface area contributed by atoms with Crippen LogP contribution in [-0.4, -0.2) is 26.9 Å². The van der Waals surface area contributed by atoms with E-state index in [0.717, 1.165) is 24.2 Å². The molecule has 0 aliphatic heterocycles. The van der Waals surface area contributed by atoms with Crippen LogP contribution in [-0.2, 0) is 15.5 Å². The third-order valence-corrected chi connectivity index (χ3v) is 7.97. The van der Waals surface area contributed by atoms with Crippen LogP contribution >= 0.6 is 11.3 Å². The van der Waals surface area contributed by atoms with E-state index in [4.69, 9.17) is 5.14 Å². The fourth-order valence-corrected chi connectivity index (χ4v) is 5.18. The molecule has 1 saturated carbocycles. The van der Waals surface area contributed by atoms with E-state index < -0.39 is 28.2 Å². The molecule has 8 nitrogen and oxygen atoms in total. The van der Waals surface area contributed by atoms with Crippen LogP contribution in [0.3, 0.4) is 0 Å². The maximum absolute atomic E-state index is 12.9. The number of anilines is 1. The Hall–Kier alpha value is -2.15. The largest absolute Gasteiger partial charge is 0.435 e. The Bertz CT molecular complexity index is 1110. The molecule has 0 radical (unpaired) electrons. The zero-order chi connectivity index (χ0) is 23.8. The first-order valence-corrected chi connectivity index (χ1v) is 12.3. The van der Waals surface area contributed by atoms with Crippen LogP contribution in [0.5, 0.6) is 5.75 Å². The molecule has 1 atom stereocenters. The first-order chi connectivity index (χ1) is 14.8. The summed E-state index contributed by atoms with van der Waals surface area (Å²) in [5.41, 5.74) is 0.448. The second-order valence-electron chi connectivity index (χ2n) is 8.42. The molecule has 1 aliphatic rings. The van der Waals surface area contributed by atoms with Gasteiger partial charge < -0.3 is 15.2 Å². The molecule has 32 heavy (non-hydrogen) atoms. The van der Waals surface area contributed by atoms with Gasteiger partial charge in [-0.3, -0.25) is 0 Å². The van der Waals surface area contributed by atoms with E-state index in [1.165, 1.54) is 32.2 Å². The summed E-state index contributed by atoms with van der Waals surface area (Å²) in [7, 11) is -3.61. The SMILES string of the molecule is CC(C)c1cc(OC(F)F)cc(C2CC2)c1NC(=O)N=[S@@](N)(=O)c1cnc(C(C)(C)O)s1. The Morgan fingerprint density at radius 1 is 1.41 bits per heavy atom. The molecule has 0 saturated heterocycles. The number of carbonyl (C=O) groups excluding carboxylic acids is 1. The Labute approximate surface area is 189 Å². The third-order valence-electron chi connectivity index (χ3n) is 4.78. The van der Waals surface area contributed by atoms with Gasteiger partial charge in [0, 0.05) is 5.69 Å². The lowest BCUT2D eigenvalue weighted by molar-refractivity contribution is -0.0499. The summed E-state index contributed by atoms with van der Waals surface area (Å²) in [5.74, 6) is -0.00356. The summed E-state index contributed by atoms with van der Waals surface area (Å²) in [6, 6.07) is 2.02. The Balaban J connectivity index is 1.96. The summed E-state index contributed by atoms with van der Waals surface area (Å²) in [5, 5.41) is 18.8. The van der Waals surface area contributed by atoms with Gasteiger partial charge in [-0.05, 0) is 61.8 Å². The number of aliphatic hydroxyl groups is 1. The predicted octanol–water partition coefficient (Wildman–Crippen LogP) is 4.91. The molecule has 3 rings (SSSR count). The number of nitrogens with zero attached hydrogens (tertiary/aromatic N) is 2. The molecule has 1 fully saturated rings. The Morgan fingerprint density at radius 3 is 2.56 bits per heavy atom. The van der Waals surface area contributed by atoms with Gasteiger partial charge in [0.2, 0.25) is 0 Å². The fourth-order valence-electron chi connectivity index (χ4n) is 3.12. The zero-order valence-electron chi connectivity index (χ0n) is 18.1. The highest BCUT2D eigenvalue weighted by Gasteiger charge is 2.30. The summed E-state index contributed by atoms with van der Waals surface area (Å²) in [6.45, 7) is 3.78. The number of ether oxygens (including phenoxy) is 1. The van der Waals surface area contributed by atoms with Crippen molar-refractivity contribution in [3.05, 3.63) is 34.5 Å². The molecule has 2 amide bonds. The van der Waals surface area contributed by atoms with Gasteiger partial charge in [-0.2, -0.15) is 8.78 Å². The number of carbonyl (C=O) groups is 1. The Kier molecular flexibility index (Phi) is 6.89. The molecule has 0 bridgehead atoms. The number of aromatic nitrogens is 1. The first-order valence-electron chi connectivity index (χ1n) is 9.95. The smallest absolute Gasteiger partial charge is 0.387 e. The minimum absolute atomic E-state index is 0.0203. The number of hydrogen-bond acceptors (Lipinski definition) is 6. The van der Waals surface area contributed by atoms with Crippen molar-refractivity contribution in [3.63, 3.8) is 0 Å². The van der Waals surface area contributed by atoms with Crippen LogP contribution in [0, 0.1) is 0 Å². The van der Waals surface area contributed by atoms with Crippen LogP contribution in [0.25, 0.3) is 0 Å². The van der Waals surface area contributed by atoms with Crippen molar-refractivity contribution >= 4 is 33.0 Å². The van der Waals surface area contributed by atoms with E-state index in [9.17, 15) is 22.9 Å². The van der Waals surface area contributed by atoms with Gasteiger partial charge in [-0.1, -0.05) is 13.8 Å². The van der Waals surface area contributed by atoms with Crippen molar-refractivity contribution in [1.29, 1.82) is 0 Å². The minimum Gasteiger partial charge on any atom is -0.435 e. The van der Waals surface area contributed by atoms with Gasteiger partial charge in [0.1, 0.15) is 20.6 Å². The number of alkyl halides is 2. The van der Waals surface area contributed by atoms with Gasteiger partial charge in [0.25, 0.3) is 0 Å². The van der Waals surface area contributed by atoms with Gasteiger partial charge in [-0.15, -0.1) is 15.7 Å². The van der Waals surface area contributed by atoms with Gasteiger partial charge >= 0.3 is 12.6 Å². The zero-order valence-corrected chi connectivity index (χ0v) is 19.7. The number of thiazole rings is 1. The average Bonchev–Trinajstić information content (AvgIpc) is 3.34. The molecule has 0 spiro atoms. The molecule has 4 N–H and O–H groups in total. The van der Waals surface area contributed by atoms with Crippen LogP contribution in [0.15, 0.2) is 26.9 Å². The van der Waals surface area contributed by atoms with Crippen LogP contribution in [0.4, 0.5) is 19.3 Å². The van der Waals surface area contributed by atoms with Crippen LogP contribution in [0.2, 0.25) is 0 Å². The molecular weight excluding hydrogens is 462 g/mol. The third kappa shape index (κ3) is 5.80. The number of urea groups is 1. The number of nitrogens with two attached hydrogens (primary N) is 1. The molecule has 1 aromatic heterocycles. The number of benzene rings is 1. The first kappa shape index (κ1) is 24.5. The number of amides is 2. The highest BCUT2D eigenvalue weighted by molar-refractivity contribution is 7.93. The maximum atomic E-state index is 12.9. The van der Waals surface area contributed by atoms with Crippen molar-refractivity contribution in [2.75, 3.05) is 5.32 Å². The van der Waals surface area contributed by atoms with Gasteiger partial charge in [0.05, 0.1) is 6.20 Å². The topological polar surface area (TPSA) is 127 Å². The van der Waals surface area contributed by atoms with E-state index in [0.29, 0.717) is 16.8 Å². The normalized spacial score (nSPS) is 16.2. The molecule has 12 heteroatoms. The lowest BCUT2D eigenvalue weighted by Crippen LogP contribution is -2.18. The predicted molar refractivity (Wildman–Crippen MR) is 119 cm³/mol. The second-order valence-corrected chi connectivity index (χ2v) is 11.5. The van der Waals surface area contributed by atoms with Crippen molar-refractivity contribution < 1.29 is 27.6 Å². The van der Waals surface area contributed by atoms with Crippen molar-refractivity contribution in [2.24, 2.45) is 9.50 Å². The molecule has 1 heterocycles. The van der Waals surface area contributed by atoms with Crippen LogP contribution < -0.4 is 15.2 Å². The van der Waals surface area contributed by atoms with Crippen molar-refractivity contribution in [3.8, 4) is 5.75 Å². The highest BCUT2D eigenvalue weighted by atomic mass is 32.2. The maximum Gasteiger partial charge on any atom is 0.387 e. The van der Waals surface area contributed by atoms with Gasteiger partial charge in [-0.25, -0.2) is 19.1 Å². The molecule has 2 aromatic rings. The summed E-state index contributed by atoms with van der Waals surface area (Å²) >= 11 is 0.906. The lowest BCUT2D eigenvalue weighted by atomic mass is 9.95. The monoisotopic (exact) mass is 488 g/mol. The average molecular weight is 489 g/mol. The fraction of sp³-hybridized carbons (Fsp3) is 0.500. The van der Waals surface area contributed by atoms with Gasteiger partial charge in [0.15, 0.2) is 9.92 Å². The lowest BCUT2D eigenvalue weighted by Gasteiger charge is -2.19. The Morgan fingerprint density at radius 2 is 2.06 bits per heavy atom. The van der Waals surface area contributed by atoms with E-state index in [-0.39, 0.29) is 26.8 Å². The molecule has 176 valence electrons. The standard InChI is InChI=1S/C20H26F2N4O4S2/c1-10(2)13-7-12(30-18(21)22)8-14(11-5-6-11)16(13)25-19(27)26-32(23,29)15-9-24-17(31-15)20(3,4)28/h7-11,18,28H,5-6H2,1-4H3,(H3,23,25,26,27,29)/t32-/m1/s1. The summed E-state index contributed by atoms with van der Waals surface area (Å²) in [4.78, 5) is 16.7. The molecule has 0 unspecified atom stereocenters. The number of halogens is 2. The second kappa shape index (κ2) is 9.00. The number of rotatable bonds is 7. The number of nitrogens with one attached hydrogen (secondary N) is 1. The van der Waals surface area contributed by atoms with Crippen molar-refractivity contribution in [2.45, 2.75) is 68.8 Å². The quantitative estimate of drug-likeness (QED) is 0.511. The molecule has 1 aliphatic carbocycles. The highest BCUT2D eigenvalue weighted by Crippen LogP contribution is 2.47. The van der Waals surface area contributed by atoms with Crippen molar-refractivity contribution in [1.82, 2.24) is 4.98 Å². The van der Waals surface area contributed by atoms with Crippen LogP contribution in [0.1, 0.15) is 68.5 Å². The van der Waals surface area contributed by atoms with E-state index >= 15 is 0 Å². The minimum atomic E-state index is -3.61. The van der Waals surface area contributed by atoms with E-state index in [1.807, 2.05) is 13.8 Å². The van der Waals surface area contributed by atoms with E-state index in [1.54, 1.807) is 0 Å². The summed E-state index contributed by atoms with van der Waals surface area (Å²) < 4.78 is 46.7. The van der Waals surface area contributed by atoms with E-state index in [2.05, 4.69) is 19.4 Å². The summed E-state index contributed by atoms with van der Waals surface area (Å²) in [6.07, 6.45) is 2.93. The molecular formula is C20H26F2N4O4S2.